The zero-order valence-corrected chi connectivity index (χ0v) is 11.8. The van der Waals surface area contributed by atoms with Crippen molar-refractivity contribution in [1.29, 1.82) is 0 Å². The van der Waals surface area contributed by atoms with Gasteiger partial charge in [-0.1, -0.05) is 6.92 Å². The van der Waals surface area contributed by atoms with Crippen molar-refractivity contribution in [1.82, 2.24) is 14.9 Å². The van der Waals surface area contributed by atoms with Gasteiger partial charge in [0.1, 0.15) is 6.33 Å². The first-order valence-corrected chi connectivity index (χ1v) is 5.83. The molecule has 1 N–H and O–H groups in total. The zero-order valence-electron chi connectivity index (χ0n) is 11.8. The summed E-state index contributed by atoms with van der Waals surface area (Å²) in [6, 6.07) is 0. The first kappa shape index (κ1) is 15.7. The Labute approximate surface area is 116 Å². The topological polar surface area (TPSA) is 102 Å². The third-order valence-corrected chi connectivity index (χ3v) is 2.69. The molecule has 1 amide bonds. The number of carboxylic acid groups (broad SMARTS) is 1. The summed E-state index contributed by atoms with van der Waals surface area (Å²) in [4.78, 5) is 32.1. The molecule has 110 valence electrons. The van der Waals surface area contributed by atoms with E-state index >= 15 is 0 Å². The van der Waals surface area contributed by atoms with Gasteiger partial charge < -0.3 is 19.5 Å². The summed E-state index contributed by atoms with van der Waals surface area (Å²) in [5, 5.41) is 8.87. The van der Waals surface area contributed by atoms with Gasteiger partial charge in [0.05, 0.1) is 20.1 Å². The summed E-state index contributed by atoms with van der Waals surface area (Å²) in [6.07, 6.45) is 1.22. The Balaban J connectivity index is 3.04. The van der Waals surface area contributed by atoms with E-state index in [4.69, 9.17) is 14.6 Å². The van der Waals surface area contributed by atoms with Gasteiger partial charge in [-0.25, -0.2) is 9.97 Å². The number of methoxy groups -OCH3 is 2. The predicted molar refractivity (Wildman–Crippen MR) is 68.9 cm³/mol. The van der Waals surface area contributed by atoms with Gasteiger partial charge in [-0.2, -0.15) is 0 Å². The first-order chi connectivity index (χ1) is 9.42. The van der Waals surface area contributed by atoms with Gasteiger partial charge in [0.25, 0.3) is 5.91 Å². The number of nitrogens with zero attached hydrogens (tertiary/aromatic N) is 3. The number of aliphatic carboxylic acids is 1. The van der Waals surface area contributed by atoms with E-state index in [1.165, 1.54) is 39.4 Å². The highest BCUT2D eigenvalue weighted by molar-refractivity contribution is 5.98. The largest absolute Gasteiger partial charge is 0.481 e. The molecule has 0 aromatic carbocycles. The van der Waals surface area contributed by atoms with Crippen LogP contribution < -0.4 is 9.47 Å². The van der Waals surface area contributed by atoms with E-state index in [9.17, 15) is 9.59 Å². The van der Waals surface area contributed by atoms with Crippen LogP contribution in [0.3, 0.4) is 0 Å². The summed E-state index contributed by atoms with van der Waals surface area (Å²) >= 11 is 0. The van der Waals surface area contributed by atoms with Crippen LogP contribution in [0.4, 0.5) is 0 Å². The molecule has 20 heavy (non-hydrogen) atoms. The molecule has 0 radical (unpaired) electrons. The van der Waals surface area contributed by atoms with Crippen molar-refractivity contribution in [3.63, 3.8) is 0 Å². The lowest BCUT2D eigenvalue weighted by Crippen LogP contribution is -2.34. The van der Waals surface area contributed by atoms with E-state index in [0.29, 0.717) is 0 Å². The average Bonchev–Trinajstić information content (AvgIpc) is 2.45. The molecule has 1 heterocycles. The van der Waals surface area contributed by atoms with Gasteiger partial charge in [0.15, 0.2) is 5.56 Å². The Morgan fingerprint density at radius 1 is 1.30 bits per heavy atom. The number of ether oxygens (including phenoxy) is 2. The summed E-state index contributed by atoms with van der Waals surface area (Å²) in [7, 11) is 4.24. The zero-order chi connectivity index (χ0) is 15.3. The molecule has 1 unspecified atom stereocenters. The van der Waals surface area contributed by atoms with Crippen molar-refractivity contribution in [2.75, 3.05) is 27.8 Å². The van der Waals surface area contributed by atoms with Crippen molar-refractivity contribution in [3.05, 3.63) is 11.9 Å². The van der Waals surface area contributed by atoms with E-state index in [0.717, 1.165) is 0 Å². The van der Waals surface area contributed by atoms with E-state index in [1.54, 1.807) is 0 Å². The molecule has 8 heteroatoms. The number of amides is 1. The predicted octanol–water partition coefficient (Wildman–Crippen LogP) is 0.286. The minimum atomic E-state index is -0.979. The van der Waals surface area contributed by atoms with Gasteiger partial charge in [0, 0.05) is 13.6 Å². The average molecular weight is 283 g/mol. The molecule has 0 aliphatic heterocycles. The lowest BCUT2D eigenvalue weighted by molar-refractivity contribution is -0.141. The third-order valence-electron chi connectivity index (χ3n) is 2.69. The molecule has 1 aromatic heterocycles. The fourth-order valence-corrected chi connectivity index (χ4v) is 1.61. The fourth-order valence-electron chi connectivity index (χ4n) is 1.61. The van der Waals surface area contributed by atoms with Gasteiger partial charge in [-0.15, -0.1) is 0 Å². The molecule has 0 saturated heterocycles. The summed E-state index contributed by atoms with van der Waals surface area (Å²) in [5.74, 6) is -1.97. The summed E-state index contributed by atoms with van der Waals surface area (Å²) in [5.41, 5.74) is 0.0672. The van der Waals surface area contributed by atoms with Crippen LogP contribution in [-0.4, -0.2) is 59.7 Å². The molecule has 0 aliphatic carbocycles. The summed E-state index contributed by atoms with van der Waals surface area (Å²) < 4.78 is 10.0. The second kappa shape index (κ2) is 6.69. The molecule has 0 spiro atoms. The maximum atomic E-state index is 12.4. The molecule has 0 fully saturated rings. The smallest absolute Gasteiger partial charge is 0.308 e. The normalized spacial score (nSPS) is 11.6. The van der Waals surface area contributed by atoms with Gasteiger partial charge >= 0.3 is 5.97 Å². The third kappa shape index (κ3) is 3.34. The number of carboxylic acids is 1. The minimum Gasteiger partial charge on any atom is -0.481 e. The number of carbonyl (C=O) groups excluding carboxylic acids is 1. The van der Waals surface area contributed by atoms with E-state index in [1.807, 2.05) is 0 Å². The van der Waals surface area contributed by atoms with Crippen molar-refractivity contribution >= 4 is 11.9 Å². The highest BCUT2D eigenvalue weighted by Gasteiger charge is 2.26. The summed E-state index contributed by atoms with van der Waals surface area (Å²) in [6.45, 7) is 1.57. The SMILES string of the molecule is COc1ncnc(OC)c1C(=O)N(C)CC(C)C(=O)O. The molecular weight excluding hydrogens is 266 g/mol. The molecule has 1 aromatic rings. The number of carbonyl (C=O) groups is 2. The molecule has 1 atom stereocenters. The van der Waals surface area contributed by atoms with Crippen molar-refractivity contribution in [2.45, 2.75) is 6.92 Å². The second-order valence-corrected chi connectivity index (χ2v) is 4.19. The van der Waals surface area contributed by atoms with Crippen molar-refractivity contribution in [2.24, 2.45) is 5.92 Å². The van der Waals surface area contributed by atoms with Gasteiger partial charge in [-0.05, 0) is 0 Å². The first-order valence-electron chi connectivity index (χ1n) is 5.83. The number of rotatable bonds is 6. The quantitative estimate of drug-likeness (QED) is 0.800. The van der Waals surface area contributed by atoms with Crippen LogP contribution in [0.2, 0.25) is 0 Å². The van der Waals surface area contributed by atoms with E-state index in [2.05, 4.69) is 9.97 Å². The van der Waals surface area contributed by atoms with Crippen molar-refractivity contribution in [3.8, 4) is 11.8 Å². The van der Waals surface area contributed by atoms with Crippen LogP contribution in [0.25, 0.3) is 0 Å². The molecule has 0 saturated carbocycles. The number of hydrogen-bond acceptors (Lipinski definition) is 6. The second-order valence-electron chi connectivity index (χ2n) is 4.19. The lowest BCUT2D eigenvalue weighted by atomic mass is 10.1. The van der Waals surface area contributed by atoms with Crippen LogP contribution in [0, 0.1) is 5.92 Å². The van der Waals surface area contributed by atoms with Gasteiger partial charge in [-0.3, -0.25) is 9.59 Å². The Morgan fingerprint density at radius 2 is 1.80 bits per heavy atom. The highest BCUT2D eigenvalue weighted by atomic mass is 16.5. The number of aromatic nitrogens is 2. The maximum absolute atomic E-state index is 12.4. The van der Waals surface area contributed by atoms with E-state index < -0.39 is 17.8 Å². The molecule has 0 bridgehead atoms. The van der Waals surface area contributed by atoms with Crippen LogP contribution in [0.15, 0.2) is 6.33 Å². The van der Waals surface area contributed by atoms with E-state index in [-0.39, 0.29) is 23.9 Å². The Morgan fingerprint density at radius 3 is 2.20 bits per heavy atom. The number of hydrogen-bond donors (Lipinski definition) is 1. The van der Waals surface area contributed by atoms with Gasteiger partial charge in [0.2, 0.25) is 11.8 Å². The minimum absolute atomic E-state index is 0.0510. The molecule has 0 aliphatic rings. The Kier molecular flexibility index (Phi) is 5.24. The lowest BCUT2D eigenvalue weighted by Gasteiger charge is -2.20. The van der Waals surface area contributed by atoms with Crippen LogP contribution >= 0.6 is 0 Å². The molecule has 1 rings (SSSR count). The Bertz CT molecular complexity index is 484. The van der Waals surface area contributed by atoms with Crippen LogP contribution in [0.5, 0.6) is 11.8 Å². The van der Waals surface area contributed by atoms with Crippen LogP contribution in [-0.2, 0) is 4.79 Å². The monoisotopic (exact) mass is 283 g/mol. The fraction of sp³-hybridized carbons (Fsp3) is 0.500. The standard InChI is InChI=1S/C12H17N3O5/c1-7(12(17)18)5-15(2)11(16)8-9(19-3)13-6-14-10(8)20-4/h6-7H,5H2,1-4H3,(H,17,18). The Hall–Kier alpha value is -2.38. The van der Waals surface area contributed by atoms with Crippen LogP contribution in [0.1, 0.15) is 17.3 Å². The molecular formula is C12H17N3O5. The maximum Gasteiger partial charge on any atom is 0.308 e. The highest BCUT2D eigenvalue weighted by Crippen LogP contribution is 2.24. The van der Waals surface area contributed by atoms with Crippen molar-refractivity contribution < 1.29 is 24.2 Å². The molecule has 8 nitrogen and oxygen atoms in total.